The van der Waals surface area contributed by atoms with Crippen LogP contribution in [-0.2, 0) is 23.8 Å². The summed E-state index contributed by atoms with van der Waals surface area (Å²) in [5.74, 6) is -0.484. The van der Waals surface area contributed by atoms with Crippen LogP contribution in [0.15, 0.2) is 71.7 Å². The minimum absolute atomic E-state index is 0.114. The number of H-pyrrole nitrogens is 1. The average molecular weight is 521 g/mol. The number of hydrogen-bond donors (Lipinski definition) is 1. The summed E-state index contributed by atoms with van der Waals surface area (Å²) in [6, 6.07) is 14.2. The average Bonchev–Trinajstić information content (AvgIpc) is 2.87. The molecule has 0 aliphatic heterocycles. The van der Waals surface area contributed by atoms with E-state index in [0.717, 1.165) is 6.07 Å². The molecule has 0 unspecified atom stereocenters. The first-order valence-electron chi connectivity index (χ1n) is 11.5. The molecule has 0 fully saturated rings. The fourth-order valence-electron chi connectivity index (χ4n) is 4.20. The maximum absolute atomic E-state index is 14.2. The lowest BCUT2D eigenvalue weighted by molar-refractivity contribution is -0.137. The second-order valence-electron chi connectivity index (χ2n) is 8.72. The van der Waals surface area contributed by atoms with Crippen LogP contribution in [0, 0.1) is 12.7 Å². The van der Waals surface area contributed by atoms with Crippen molar-refractivity contribution in [1.82, 2.24) is 15.0 Å². The van der Waals surface area contributed by atoms with Crippen LogP contribution < -0.4 is 10.3 Å². The highest BCUT2D eigenvalue weighted by Gasteiger charge is 2.31. The van der Waals surface area contributed by atoms with Crippen molar-refractivity contribution in [1.29, 1.82) is 0 Å². The molecule has 1 N–H and O–H groups in total. The van der Waals surface area contributed by atoms with Crippen LogP contribution in [0.3, 0.4) is 0 Å². The van der Waals surface area contributed by atoms with Gasteiger partial charge in [-0.25, -0.2) is 14.4 Å². The zero-order valence-corrected chi connectivity index (χ0v) is 19.9. The van der Waals surface area contributed by atoms with Crippen molar-refractivity contribution in [2.24, 2.45) is 0 Å². The molecule has 2 heterocycles. The highest BCUT2D eigenvalue weighted by molar-refractivity contribution is 5.95. The van der Waals surface area contributed by atoms with Crippen LogP contribution in [0.25, 0.3) is 21.9 Å². The summed E-state index contributed by atoms with van der Waals surface area (Å²) in [7, 11) is 0. The molecule has 0 amide bonds. The monoisotopic (exact) mass is 521 g/mol. The molecular formula is C28H19F4N3O3. The summed E-state index contributed by atoms with van der Waals surface area (Å²) in [5, 5.41) is 1.37. The van der Waals surface area contributed by atoms with E-state index in [9.17, 15) is 27.2 Å². The zero-order valence-electron chi connectivity index (χ0n) is 19.9. The number of fused-ring (bicyclic) bond motifs is 2. The lowest BCUT2D eigenvalue weighted by Crippen LogP contribution is -2.12. The van der Waals surface area contributed by atoms with Gasteiger partial charge in [0.1, 0.15) is 28.6 Å². The van der Waals surface area contributed by atoms with Crippen molar-refractivity contribution in [2.45, 2.75) is 25.9 Å². The summed E-state index contributed by atoms with van der Waals surface area (Å²) in [5.41, 5.74) is -0.158. The molecule has 6 nitrogen and oxygen atoms in total. The summed E-state index contributed by atoms with van der Waals surface area (Å²) < 4.78 is 59.4. The van der Waals surface area contributed by atoms with E-state index in [1.54, 1.807) is 49.4 Å². The van der Waals surface area contributed by atoms with Crippen LogP contribution in [0.2, 0.25) is 0 Å². The predicted molar refractivity (Wildman–Crippen MR) is 133 cm³/mol. The lowest BCUT2D eigenvalue weighted by Gasteiger charge is -2.14. The van der Waals surface area contributed by atoms with Gasteiger partial charge in [-0.15, -0.1) is 0 Å². The first-order chi connectivity index (χ1) is 18.1. The number of benzene rings is 3. The number of alkyl halides is 3. The molecule has 3 aromatic carbocycles. The highest BCUT2D eigenvalue weighted by atomic mass is 19.4. The summed E-state index contributed by atoms with van der Waals surface area (Å²) in [4.78, 5) is 35.8. The Kier molecular flexibility index (Phi) is 6.40. The van der Waals surface area contributed by atoms with Gasteiger partial charge in [0.15, 0.2) is 11.4 Å². The Labute approximate surface area is 212 Å². The van der Waals surface area contributed by atoms with E-state index < -0.39 is 29.8 Å². The molecule has 0 radical (unpaired) electrons. The molecule has 5 rings (SSSR count). The number of carbonyl (C=O) groups is 1. The number of aromatic amines is 1. The third-order valence-corrected chi connectivity index (χ3v) is 6.07. The third-order valence-electron chi connectivity index (χ3n) is 6.07. The van der Waals surface area contributed by atoms with Crippen LogP contribution in [0.5, 0.6) is 11.5 Å². The van der Waals surface area contributed by atoms with E-state index in [1.165, 1.54) is 6.20 Å². The van der Waals surface area contributed by atoms with Gasteiger partial charge in [0.25, 0.3) is 5.56 Å². The smallest absolute Gasteiger partial charge is 0.416 e. The number of aryl methyl sites for hydroxylation is 1. The lowest BCUT2D eigenvalue weighted by atomic mass is 9.96. The van der Waals surface area contributed by atoms with E-state index in [0.29, 0.717) is 45.5 Å². The Morgan fingerprint density at radius 1 is 0.947 bits per heavy atom. The SMILES string of the molecule is Cc1nc2c(Oc3ccc(CC(=O)Cc4cc(C(F)(F)F)ccc4F)c4ccccc34)ccnc2[nH]c1=O. The molecule has 0 spiro atoms. The fourth-order valence-corrected chi connectivity index (χ4v) is 4.20. The fraction of sp³-hybridized carbons (Fsp3) is 0.143. The van der Waals surface area contributed by atoms with E-state index in [2.05, 4.69) is 15.0 Å². The van der Waals surface area contributed by atoms with E-state index in [-0.39, 0.29) is 28.9 Å². The molecule has 0 atom stereocenters. The van der Waals surface area contributed by atoms with Gasteiger partial charge in [-0.3, -0.25) is 9.59 Å². The van der Waals surface area contributed by atoms with Gasteiger partial charge < -0.3 is 9.72 Å². The number of ketones is 1. The minimum atomic E-state index is -4.64. The molecule has 38 heavy (non-hydrogen) atoms. The molecule has 10 heteroatoms. The molecule has 0 bridgehead atoms. The first-order valence-corrected chi connectivity index (χ1v) is 11.5. The summed E-state index contributed by atoms with van der Waals surface area (Å²) >= 11 is 0. The van der Waals surface area contributed by atoms with Gasteiger partial charge in [0.05, 0.1) is 5.56 Å². The highest BCUT2D eigenvalue weighted by Crippen LogP contribution is 2.35. The second-order valence-corrected chi connectivity index (χ2v) is 8.72. The number of hydrogen-bond acceptors (Lipinski definition) is 5. The topological polar surface area (TPSA) is 84.9 Å². The Morgan fingerprint density at radius 3 is 2.45 bits per heavy atom. The van der Waals surface area contributed by atoms with Gasteiger partial charge in [-0.05, 0) is 47.7 Å². The maximum Gasteiger partial charge on any atom is 0.416 e. The molecule has 192 valence electrons. The standard InChI is InChI=1S/C28H19F4N3O3/c1-15-27(37)35-26-25(34-15)24(10-11-33-26)38-23-9-6-16(20-4-2-3-5-21(20)23)13-19(36)14-17-12-18(28(30,31)32)7-8-22(17)29/h2-12H,13-14H2,1H3,(H,33,35,37). The van der Waals surface area contributed by atoms with Gasteiger partial charge in [0.2, 0.25) is 0 Å². The first kappa shape index (κ1) is 25.1. The molecule has 5 aromatic rings. The van der Waals surface area contributed by atoms with Crippen molar-refractivity contribution in [3.05, 3.63) is 105 Å². The second kappa shape index (κ2) is 9.70. The van der Waals surface area contributed by atoms with E-state index >= 15 is 0 Å². The van der Waals surface area contributed by atoms with Crippen molar-refractivity contribution < 1.29 is 27.1 Å². The third kappa shape index (κ3) is 4.97. The molecular weight excluding hydrogens is 502 g/mol. The Bertz CT molecular complexity index is 1760. The molecule has 0 saturated heterocycles. The Balaban J connectivity index is 1.45. The zero-order chi connectivity index (χ0) is 27.0. The minimum Gasteiger partial charge on any atom is -0.454 e. The predicted octanol–water partition coefficient (Wildman–Crippen LogP) is 6.08. The van der Waals surface area contributed by atoms with E-state index in [4.69, 9.17) is 4.74 Å². The van der Waals surface area contributed by atoms with Crippen molar-refractivity contribution in [2.75, 3.05) is 0 Å². The number of ether oxygens (including phenoxy) is 1. The number of nitrogens with zero attached hydrogens (tertiary/aromatic N) is 2. The van der Waals surface area contributed by atoms with Crippen LogP contribution >= 0.6 is 0 Å². The number of pyridine rings is 1. The largest absolute Gasteiger partial charge is 0.454 e. The van der Waals surface area contributed by atoms with Crippen LogP contribution in [-0.4, -0.2) is 20.7 Å². The van der Waals surface area contributed by atoms with Crippen molar-refractivity contribution in [3.8, 4) is 11.5 Å². The van der Waals surface area contributed by atoms with Gasteiger partial charge >= 0.3 is 6.18 Å². The maximum atomic E-state index is 14.2. The quantitative estimate of drug-likeness (QED) is 0.274. The van der Waals surface area contributed by atoms with Crippen molar-refractivity contribution in [3.63, 3.8) is 0 Å². The number of rotatable bonds is 6. The van der Waals surface area contributed by atoms with E-state index in [1.807, 2.05) is 0 Å². The molecule has 0 aliphatic rings. The number of aromatic nitrogens is 3. The van der Waals surface area contributed by atoms with Gasteiger partial charge in [0, 0.05) is 30.5 Å². The van der Waals surface area contributed by atoms with Crippen LogP contribution in [0.4, 0.5) is 17.6 Å². The van der Waals surface area contributed by atoms with Gasteiger partial charge in [-0.1, -0.05) is 30.3 Å². The molecule has 0 saturated carbocycles. The normalized spacial score (nSPS) is 11.7. The summed E-state index contributed by atoms with van der Waals surface area (Å²) in [6.45, 7) is 1.57. The van der Waals surface area contributed by atoms with Gasteiger partial charge in [-0.2, -0.15) is 13.2 Å². The van der Waals surface area contributed by atoms with Crippen LogP contribution in [0.1, 0.15) is 22.4 Å². The Hall–Kier alpha value is -4.60. The summed E-state index contributed by atoms with van der Waals surface area (Å²) in [6.07, 6.45) is -3.75. The number of Topliss-reactive ketones (excluding diaryl/α,β-unsaturated/α-hetero) is 1. The molecule has 2 aromatic heterocycles. The van der Waals surface area contributed by atoms with Crippen molar-refractivity contribution >= 4 is 27.7 Å². The molecule has 0 aliphatic carbocycles. The number of carbonyl (C=O) groups excluding carboxylic acids is 1. The number of nitrogens with one attached hydrogen (secondary N) is 1. The number of halogens is 4. The Morgan fingerprint density at radius 2 is 1.68 bits per heavy atom.